The molecule has 0 amide bonds. The highest BCUT2D eigenvalue weighted by molar-refractivity contribution is 6.10. The molecule has 0 radical (unpaired) electrons. The van der Waals surface area contributed by atoms with E-state index in [2.05, 4.69) is 5.10 Å². The summed E-state index contributed by atoms with van der Waals surface area (Å²) in [5.74, 6) is -1.14. The van der Waals surface area contributed by atoms with Crippen molar-refractivity contribution < 1.29 is 4.79 Å². The van der Waals surface area contributed by atoms with E-state index >= 15 is 0 Å². The van der Waals surface area contributed by atoms with Crippen LogP contribution in [0.5, 0.6) is 0 Å². The fraction of sp³-hybridized carbons (Fsp3) is 0.167. The number of benzene rings is 1. The number of anilines is 1. The van der Waals surface area contributed by atoms with E-state index in [1.165, 1.54) is 6.92 Å². The van der Waals surface area contributed by atoms with Gasteiger partial charge in [0.15, 0.2) is 5.78 Å². The van der Waals surface area contributed by atoms with Crippen LogP contribution in [0.1, 0.15) is 29.8 Å². The Kier molecular flexibility index (Phi) is 8.84. The van der Waals surface area contributed by atoms with Crippen LogP contribution in [0, 0.1) is 10.8 Å². The van der Waals surface area contributed by atoms with Crippen LogP contribution in [0.3, 0.4) is 0 Å². The minimum absolute atomic E-state index is 0. The number of nitrogens with zero attached hydrogens (tertiary/aromatic N) is 2. The lowest BCUT2D eigenvalue weighted by Crippen LogP contribution is -2.41. The largest absolute Gasteiger partial charge is 0.398 e. The summed E-state index contributed by atoms with van der Waals surface area (Å²) >= 11 is 0. The van der Waals surface area contributed by atoms with Crippen molar-refractivity contribution in [2.24, 2.45) is 16.6 Å². The normalized spacial score (nSPS) is 10.0. The van der Waals surface area contributed by atoms with Gasteiger partial charge in [-0.3, -0.25) is 15.6 Å². The molecule has 0 aromatic heterocycles. The topological polar surface area (TPSA) is 158 Å². The van der Waals surface area contributed by atoms with Crippen molar-refractivity contribution in [1.29, 1.82) is 10.8 Å². The number of hydrogen-bond donors (Lipinski definition) is 5. The lowest BCUT2D eigenvalue weighted by Gasteiger charge is -2.16. The molecular formula is C12H19Cl2N7O. The molecule has 122 valence electrons. The Hall–Kier alpha value is -2.32. The van der Waals surface area contributed by atoms with Crippen molar-refractivity contribution >= 4 is 53.9 Å². The van der Waals surface area contributed by atoms with Crippen LogP contribution in [0.4, 0.5) is 5.69 Å². The van der Waals surface area contributed by atoms with Crippen molar-refractivity contribution in [3.8, 4) is 0 Å². The fourth-order valence-corrected chi connectivity index (χ4v) is 1.63. The Morgan fingerprint density at radius 2 is 1.55 bits per heavy atom. The van der Waals surface area contributed by atoms with Crippen LogP contribution in [-0.4, -0.2) is 28.4 Å². The van der Waals surface area contributed by atoms with Gasteiger partial charge in [0.2, 0.25) is 11.9 Å². The van der Waals surface area contributed by atoms with Crippen LogP contribution >= 0.6 is 24.8 Å². The number of para-hydroxylation sites is 1. The van der Waals surface area contributed by atoms with E-state index < -0.39 is 11.9 Å². The number of rotatable bonds is 3. The number of guanidine groups is 2. The maximum Gasteiger partial charge on any atom is 0.216 e. The molecule has 0 spiro atoms. The highest BCUT2D eigenvalue weighted by Crippen LogP contribution is 2.19. The third kappa shape index (κ3) is 4.90. The highest BCUT2D eigenvalue weighted by Gasteiger charge is 2.13. The first-order valence-electron chi connectivity index (χ1n) is 5.68. The third-order valence-corrected chi connectivity index (χ3v) is 2.58. The van der Waals surface area contributed by atoms with Crippen molar-refractivity contribution in [3.05, 3.63) is 29.3 Å². The number of nitrogens with two attached hydrogens (primary N) is 3. The predicted octanol–water partition coefficient (Wildman–Crippen LogP) is 1.13. The lowest BCUT2D eigenvalue weighted by atomic mass is 10.0. The summed E-state index contributed by atoms with van der Waals surface area (Å²) in [6.45, 7) is 3.04. The lowest BCUT2D eigenvalue weighted by molar-refractivity contribution is 0.101. The van der Waals surface area contributed by atoms with Crippen LogP contribution < -0.4 is 17.2 Å². The summed E-state index contributed by atoms with van der Waals surface area (Å²) in [6, 6.07) is 4.97. The first-order chi connectivity index (χ1) is 9.25. The molecule has 10 heteroatoms. The van der Waals surface area contributed by atoms with Gasteiger partial charge in [-0.2, -0.15) is 10.1 Å². The molecule has 0 saturated carbocycles. The Labute approximate surface area is 140 Å². The van der Waals surface area contributed by atoms with E-state index in [1.807, 2.05) is 0 Å². The summed E-state index contributed by atoms with van der Waals surface area (Å²) in [5.41, 5.74) is 18.0. The highest BCUT2D eigenvalue weighted by atomic mass is 35.5. The second-order valence-corrected chi connectivity index (χ2v) is 4.09. The molecule has 1 rings (SSSR count). The van der Waals surface area contributed by atoms with Gasteiger partial charge in [0, 0.05) is 11.1 Å². The average Bonchev–Trinajstić information content (AvgIpc) is 2.34. The molecule has 0 heterocycles. The fourth-order valence-electron chi connectivity index (χ4n) is 1.63. The van der Waals surface area contributed by atoms with Gasteiger partial charge in [-0.15, -0.1) is 24.8 Å². The van der Waals surface area contributed by atoms with Gasteiger partial charge < -0.3 is 17.2 Å². The number of halogens is 2. The van der Waals surface area contributed by atoms with E-state index in [0.29, 0.717) is 16.8 Å². The summed E-state index contributed by atoms with van der Waals surface area (Å²) in [6.07, 6.45) is 0. The Balaban J connectivity index is 0. The van der Waals surface area contributed by atoms with Gasteiger partial charge in [-0.1, -0.05) is 12.1 Å². The summed E-state index contributed by atoms with van der Waals surface area (Å²) in [5, 5.41) is 19.3. The third-order valence-electron chi connectivity index (χ3n) is 2.58. The molecule has 1 aromatic carbocycles. The zero-order valence-corrected chi connectivity index (χ0v) is 13.7. The minimum atomic E-state index is -0.488. The summed E-state index contributed by atoms with van der Waals surface area (Å²) in [7, 11) is 0. The smallest absolute Gasteiger partial charge is 0.216 e. The maximum absolute atomic E-state index is 11.4. The van der Waals surface area contributed by atoms with Crippen LogP contribution in [0.2, 0.25) is 0 Å². The van der Waals surface area contributed by atoms with Crippen molar-refractivity contribution in [1.82, 2.24) is 5.01 Å². The predicted molar refractivity (Wildman–Crippen MR) is 93.2 cm³/mol. The molecule has 0 atom stereocenters. The monoisotopic (exact) mass is 347 g/mol. The number of carbonyl (C=O) groups is 1. The number of hydrazone groups is 1. The summed E-state index contributed by atoms with van der Waals surface area (Å²) < 4.78 is 0. The number of nitrogen functional groups attached to an aromatic ring is 1. The number of nitrogens with one attached hydrogen (secondary N) is 2. The van der Waals surface area contributed by atoms with E-state index in [-0.39, 0.29) is 36.3 Å². The second kappa shape index (κ2) is 8.85. The van der Waals surface area contributed by atoms with Gasteiger partial charge in [0.05, 0.1) is 11.4 Å². The molecule has 1 aromatic rings. The Bertz CT molecular complexity index is 601. The van der Waals surface area contributed by atoms with E-state index in [1.54, 1.807) is 25.1 Å². The zero-order chi connectivity index (χ0) is 15.4. The first-order valence-corrected chi connectivity index (χ1v) is 5.68. The minimum Gasteiger partial charge on any atom is -0.398 e. The van der Waals surface area contributed by atoms with E-state index in [0.717, 1.165) is 5.01 Å². The van der Waals surface area contributed by atoms with Gasteiger partial charge in [-0.25, -0.2) is 0 Å². The van der Waals surface area contributed by atoms with Gasteiger partial charge >= 0.3 is 0 Å². The molecule has 0 aliphatic carbocycles. The van der Waals surface area contributed by atoms with E-state index in [9.17, 15) is 4.79 Å². The molecule has 0 fully saturated rings. The molecule has 0 saturated heterocycles. The van der Waals surface area contributed by atoms with Gasteiger partial charge in [0.1, 0.15) is 0 Å². The standard InChI is InChI=1S/C12H17N7O.2ClH/c1-6(18-19(11(14)15)12(16)17)8-4-3-5-9(7(2)20)10(8)13;;/h3-5H,13H2,1-2H3,(H3,14,15)(H3,16,17);2*1H. The molecule has 0 aliphatic rings. The molecule has 8 nitrogen and oxygen atoms in total. The van der Waals surface area contributed by atoms with Gasteiger partial charge in [-0.05, 0) is 19.9 Å². The molecule has 22 heavy (non-hydrogen) atoms. The van der Waals surface area contributed by atoms with Gasteiger partial charge in [0.25, 0.3) is 0 Å². The second-order valence-electron chi connectivity index (χ2n) is 4.09. The van der Waals surface area contributed by atoms with Crippen LogP contribution in [0.15, 0.2) is 23.3 Å². The zero-order valence-electron chi connectivity index (χ0n) is 12.1. The van der Waals surface area contributed by atoms with Crippen molar-refractivity contribution in [2.75, 3.05) is 5.73 Å². The molecule has 0 bridgehead atoms. The van der Waals surface area contributed by atoms with Crippen molar-refractivity contribution in [2.45, 2.75) is 13.8 Å². The molecule has 0 aliphatic heterocycles. The SMILES string of the molecule is CC(=O)c1cccc(C(C)=NN(C(=N)N)C(=N)N)c1N.Cl.Cl. The first kappa shape index (κ1) is 22.0. The molecule has 0 unspecified atom stereocenters. The average molecular weight is 348 g/mol. The quantitative estimate of drug-likeness (QED) is 0.182. The molecule has 8 N–H and O–H groups in total. The van der Waals surface area contributed by atoms with Crippen LogP contribution in [0.25, 0.3) is 0 Å². The number of Topliss-reactive ketones (excluding diaryl/α,β-unsaturated/α-hetero) is 1. The van der Waals surface area contributed by atoms with E-state index in [4.69, 9.17) is 28.0 Å². The van der Waals surface area contributed by atoms with Crippen LogP contribution in [-0.2, 0) is 0 Å². The number of carbonyl (C=O) groups excluding carboxylic acids is 1. The summed E-state index contributed by atoms with van der Waals surface area (Å²) in [4.78, 5) is 11.4. The number of ketones is 1. The maximum atomic E-state index is 11.4. The number of hydrogen-bond acceptors (Lipinski definition) is 5. The molecular weight excluding hydrogens is 329 g/mol. The van der Waals surface area contributed by atoms with Crippen molar-refractivity contribution in [3.63, 3.8) is 0 Å². The Morgan fingerprint density at radius 3 is 1.95 bits per heavy atom. The Morgan fingerprint density at radius 1 is 1.09 bits per heavy atom.